The van der Waals surface area contributed by atoms with Gasteiger partial charge in [0.05, 0.1) is 32.8 Å². The summed E-state index contributed by atoms with van der Waals surface area (Å²) in [5, 5.41) is 9.06. The van der Waals surface area contributed by atoms with Crippen LogP contribution in [0, 0.1) is 0 Å². The average molecular weight is 331 g/mol. The van der Waals surface area contributed by atoms with Crippen LogP contribution in [-0.2, 0) is 27.5 Å². The van der Waals surface area contributed by atoms with E-state index in [1.54, 1.807) is 12.3 Å². The van der Waals surface area contributed by atoms with Gasteiger partial charge in [0.25, 0.3) is 0 Å². The van der Waals surface area contributed by atoms with Crippen LogP contribution in [0.25, 0.3) is 0 Å². The highest BCUT2D eigenvalue weighted by molar-refractivity contribution is 5.68. The molecule has 1 N–H and O–H groups in total. The zero-order valence-corrected chi connectivity index (χ0v) is 13.8. The third-order valence-corrected chi connectivity index (χ3v) is 3.60. The monoisotopic (exact) mass is 331 g/mol. The number of methoxy groups -OCH3 is 2. The van der Waals surface area contributed by atoms with Crippen LogP contribution in [0.3, 0.4) is 0 Å². The molecule has 2 aromatic rings. The molecule has 0 saturated heterocycles. The second kappa shape index (κ2) is 9.00. The molecule has 1 heterocycles. The first-order chi connectivity index (χ1) is 11.7. The minimum Gasteiger partial charge on any atom is -0.481 e. The summed E-state index contributed by atoms with van der Waals surface area (Å²) in [4.78, 5) is 15.2. The number of hydrogen-bond acceptors (Lipinski definition) is 5. The molecule has 0 fully saturated rings. The number of carbonyl (C=O) groups is 1. The Kier molecular flexibility index (Phi) is 6.72. The van der Waals surface area contributed by atoms with Gasteiger partial charge in [-0.05, 0) is 17.2 Å². The van der Waals surface area contributed by atoms with Crippen molar-refractivity contribution in [1.29, 1.82) is 0 Å². The molecular formula is C18H21NO5. The Hall–Kier alpha value is -2.44. The molecule has 128 valence electrons. The van der Waals surface area contributed by atoms with E-state index in [4.69, 9.17) is 19.3 Å². The zero-order valence-electron chi connectivity index (χ0n) is 13.8. The number of pyridine rings is 1. The minimum atomic E-state index is -0.936. The van der Waals surface area contributed by atoms with Crippen molar-refractivity contribution in [2.45, 2.75) is 25.7 Å². The van der Waals surface area contributed by atoms with Crippen molar-refractivity contribution < 1.29 is 24.1 Å². The Balaban J connectivity index is 2.18. The number of carboxylic acids is 1. The Morgan fingerprint density at radius 2 is 1.92 bits per heavy atom. The van der Waals surface area contributed by atoms with Gasteiger partial charge in [0, 0.05) is 18.9 Å². The fourth-order valence-corrected chi connectivity index (χ4v) is 2.43. The van der Waals surface area contributed by atoms with Crippen molar-refractivity contribution in [2.75, 3.05) is 14.2 Å². The maximum absolute atomic E-state index is 11.0. The number of nitrogens with zero attached hydrogens (tertiary/aromatic N) is 1. The molecule has 1 atom stereocenters. The molecule has 0 aliphatic carbocycles. The molecule has 0 spiro atoms. The van der Waals surface area contributed by atoms with Crippen molar-refractivity contribution in [2.24, 2.45) is 0 Å². The maximum Gasteiger partial charge on any atom is 0.306 e. The highest BCUT2D eigenvalue weighted by Gasteiger charge is 2.21. The topological polar surface area (TPSA) is 77.9 Å². The number of aliphatic carboxylic acids is 1. The van der Waals surface area contributed by atoms with Crippen LogP contribution in [0.15, 0.2) is 42.6 Å². The quantitative estimate of drug-likeness (QED) is 0.761. The number of aromatic nitrogens is 1. The van der Waals surface area contributed by atoms with E-state index in [1.807, 2.05) is 30.3 Å². The van der Waals surface area contributed by atoms with Crippen LogP contribution >= 0.6 is 0 Å². The fraction of sp³-hybridized carbons (Fsp3) is 0.333. The molecule has 0 radical (unpaired) electrons. The van der Waals surface area contributed by atoms with E-state index in [0.717, 1.165) is 5.56 Å². The van der Waals surface area contributed by atoms with Gasteiger partial charge in [0.15, 0.2) is 0 Å². The largest absolute Gasteiger partial charge is 0.481 e. The molecule has 0 bridgehead atoms. The molecule has 0 unspecified atom stereocenters. The van der Waals surface area contributed by atoms with E-state index in [9.17, 15) is 4.79 Å². The summed E-state index contributed by atoms with van der Waals surface area (Å²) in [6.07, 6.45) is 0.840. The van der Waals surface area contributed by atoms with Gasteiger partial charge in [-0.1, -0.05) is 30.3 Å². The van der Waals surface area contributed by atoms with Gasteiger partial charge in [-0.25, -0.2) is 4.98 Å². The van der Waals surface area contributed by atoms with Crippen LogP contribution in [0.2, 0.25) is 0 Å². The third kappa shape index (κ3) is 4.78. The smallest absolute Gasteiger partial charge is 0.306 e. The molecule has 1 aromatic carbocycles. The Morgan fingerprint density at radius 1 is 1.17 bits per heavy atom. The molecule has 0 saturated carbocycles. The van der Waals surface area contributed by atoms with Gasteiger partial charge in [-0.2, -0.15) is 0 Å². The van der Waals surface area contributed by atoms with Crippen LogP contribution in [0.5, 0.6) is 5.88 Å². The van der Waals surface area contributed by atoms with Gasteiger partial charge in [0.1, 0.15) is 0 Å². The first-order valence-corrected chi connectivity index (χ1v) is 7.53. The summed E-state index contributed by atoms with van der Waals surface area (Å²) in [5.41, 5.74) is 2.46. The van der Waals surface area contributed by atoms with Gasteiger partial charge in [0.2, 0.25) is 5.88 Å². The van der Waals surface area contributed by atoms with Gasteiger partial charge in [-0.3, -0.25) is 4.79 Å². The Bertz CT molecular complexity index is 660. The lowest BCUT2D eigenvalue weighted by Crippen LogP contribution is -2.12. The standard InChI is InChI=1S/C18H21NO5/c1-22-16(10-17(20)21)14-8-9-19-18(23-2)15(14)12-24-11-13-6-4-3-5-7-13/h3-9,16H,10-12H2,1-2H3,(H,20,21)/t16-/m1/s1. The summed E-state index contributed by atoms with van der Waals surface area (Å²) in [6, 6.07) is 11.5. The lowest BCUT2D eigenvalue weighted by Gasteiger charge is -2.19. The molecule has 24 heavy (non-hydrogen) atoms. The van der Waals surface area contributed by atoms with E-state index in [0.29, 0.717) is 23.6 Å². The van der Waals surface area contributed by atoms with Gasteiger partial charge >= 0.3 is 5.97 Å². The van der Waals surface area contributed by atoms with Crippen LogP contribution in [0.1, 0.15) is 29.2 Å². The second-order valence-electron chi connectivity index (χ2n) is 5.19. The average Bonchev–Trinajstić information content (AvgIpc) is 2.60. The Labute approximate surface area is 141 Å². The third-order valence-electron chi connectivity index (χ3n) is 3.60. The summed E-state index contributed by atoms with van der Waals surface area (Å²) in [6.45, 7) is 0.690. The van der Waals surface area contributed by atoms with E-state index < -0.39 is 12.1 Å². The molecule has 1 aromatic heterocycles. The lowest BCUT2D eigenvalue weighted by atomic mass is 10.0. The zero-order chi connectivity index (χ0) is 17.4. The van der Waals surface area contributed by atoms with Crippen LogP contribution in [-0.4, -0.2) is 30.3 Å². The second-order valence-corrected chi connectivity index (χ2v) is 5.19. The highest BCUT2D eigenvalue weighted by Crippen LogP contribution is 2.29. The van der Waals surface area contributed by atoms with Crippen LogP contribution < -0.4 is 4.74 Å². The van der Waals surface area contributed by atoms with Crippen molar-refractivity contribution in [3.8, 4) is 5.88 Å². The molecule has 2 rings (SSSR count). The number of carboxylic acid groups (broad SMARTS) is 1. The highest BCUT2D eigenvalue weighted by atomic mass is 16.5. The SMILES string of the molecule is COc1nccc([C@@H](CC(=O)O)OC)c1COCc1ccccc1. The van der Waals surface area contributed by atoms with E-state index >= 15 is 0 Å². The number of rotatable bonds is 9. The molecule has 0 amide bonds. The van der Waals surface area contributed by atoms with Gasteiger partial charge < -0.3 is 19.3 Å². The van der Waals surface area contributed by atoms with Crippen LogP contribution in [0.4, 0.5) is 0 Å². The van der Waals surface area contributed by atoms with Crippen molar-refractivity contribution >= 4 is 5.97 Å². The van der Waals surface area contributed by atoms with E-state index in [1.165, 1.54) is 14.2 Å². The lowest BCUT2D eigenvalue weighted by molar-refractivity contribution is -0.139. The number of benzene rings is 1. The van der Waals surface area contributed by atoms with Crippen molar-refractivity contribution in [1.82, 2.24) is 4.98 Å². The summed E-state index contributed by atoms with van der Waals surface area (Å²) in [7, 11) is 3.00. The molecule has 6 heteroatoms. The fourth-order valence-electron chi connectivity index (χ4n) is 2.43. The summed E-state index contributed by atoms with van der Waals surface area (Å²) in [5.74, 6) is -0.526. The predicted octanol–water partition coefficient (Wildman–Crippen LogP) is 2.97. The summed E-state index contributed by atoms with van der Waals surface area (Å²) < 4.78 is 16.4. The first-order valence-electron chi connectivity index (χ1n) is 7.53. The Morgan fingerprint density at radius 3 is 2.54 bits per heavy atom. The number of hydrogen-bond donors (Lipinski definition) is 1. The molecule has 0 aliphatic heterocycles. The summed E-state index contributed by atoms with van der Waals surface area (Å²) >= 11 is 0. The molecule has 6 nitrogen and oxygen atoms in total. The first kappa shape index (κ1) is 17.9. The number of ether oxygens (including phenoxy) is 3. The van der Waals surface area contributed by atoms with Crippen molar-refractivity contribution in [3.05, 3.63) is 59.3 Å². The molecular weight excluding hydrogens is 310 g/mol. The van der Waals surface area contributed by atoms with E-state index in [-0.39, 0.29) is 13.0 Å². The van der Waals surface area contributed by atoms with E-state index in [2.05, 4.69) is 4.98 Å². The predicted molar refractivity (Wildman–Crippen MR) is 87.7 cm³/mol. The minimum absolute atomic E-state index is 0.143. The maximum atomic E-state index is 11.0. The van der Waals surface area contributed by atoms with Crippen molar-refractivity contribution in [3.63, 3.8) is 0 Å². The van der Waals surface area contributed by atoms with Gasteiger partial charge in [-0.15, -0.1) is 0 Å². The molecule has 0 aliphatic rings. The normalized spacial score (nSPS) is 11.9.